The van der Waals surface area contributed by atoms with Gasteiger partial charge in [0.1, 0.15) is 17.2 Å². The third-order valence-electron chi connectivity index (χ3n) is 6.86. The van der Waals surface area contributed by atoms with Crippen LogP contribution >= 0.6 is 0 Å². The third kappa shape index (κ3) is 8.78. The Kier molecular flexibility index (Phi) is 9.87. The Labute approximate surface area is 263 Å². The summed E-state index contributed by atoms with van der Waals surface area (Å²) in [4.78, 5) is 26.7. The zero-order chi connectivity index (χ0) is 31.6. The van der Waals surface area contributed by atoms with E-state index in [-0.39, 0.29) is 6.54 Å². The van der Waals surface area contributed by atoms with E-state index in [0.29, 0.717) is 12.4 Å². The highest BCUT2D eigenvalue weighted by Gasteiger charge is 2.16. The van der Waals surface area contributed by atoms with E-state index in [1.165, 1.54) is 22.3 Å². The summed E-state index contributed by atoms with van der Waals surface area (Å²) in [5, 5.41) is 2.70. The minimum atomic E-state index is -0.515. The monoisotopic (exact) mass is 598 g/mol. The van der Waals surface area contributed by atoms with Gasteiger partial charge in [0, 0.05) is 0 Å². The lowest BCUT2D eigenvalue weighted by molar-refractivity contribution is 0.0522. The van der Waals surface area contributed by atoms with Crippen LogP contribution in [0.1, 0.15) is 32.4 Å². The molecule has 0 atom stereocenters. The lowest BCUT2D eigenvalue weighted by Gasteiger charge is -2.19. The van der Waals surface area contributed by atoms with Gasteiger partial charge in [-0.1, -0.05) is 109 Å². The van der Waals surface area contributed by atoms with Crippen LogP contribution < -0.4 is 11.1 Å². The standard InChI is InChI=1S/C21H23N3O2.C16H15N3/c1-21(2,3)26-20(25)23-14-19-22-13-18(24-19)17-11-9-16(10-12-17)15-7-5-4-6-8-15;17-10-16-18-11-15(19-16)14-8-6-13(7-9-14)12-4-2-1-3-5-12/h4-13H,14H2,1-3H3,(H,22,24)(H,23,25);1-9,11H,10,17H2,(H,18,19). The minimum Gasteiger partial charge on any atom is -0.444 e. The quantitative estimate of drug-likeness (QED) is 0.148. The Morgan fingerprint density at radius 1 is 0.644 bits per heavy atom. The summed E-state index contributed by atoms with van der Waals surface area (Å²) in [6, 6.07) is 37.3. The summed E-state index contributed by atoms with van der Waals surface area (Å²) < 4.78 is 5.21. The topological polar surface area (TPSA) is 122 Å². The first-order chi connectivity index (χ1) is 21.8. The van der Waals surface area contributed by atoms with Crippen molar-refractivity contribution in [2.75, 3.05) is 0 Å². The average Bonchev–Trinajstić information content (AvgIpc) is 3.75. The number of ether oxygens (including phenoxy) is 1. The second-order valence-corrected chi connectivity index (χ2v) is 11.4. The lowest BCUT2D eigenvalue weighted by Crippen LogP contribution is -2.32. The fraction of sp³-hybridized carbons (Fsp3) is 0.162. The van der Waals surface area contributed by atoms with Crippen LogP contribution in [0.5, 0.6) is 0 Å². The summed E-state index contributed by atoms with van der Waals surface area (Å²) in [7, 11) is 0. The van der Waals surface area contributed by atoms with Gasteiger partial charge in [0.2, 0.25) is 0 Å². The fourth-order valence-electron chi connectivity index (χ4n) is 4.63. The van der Waals surface area contributed by atoms with Gasteiger partial charge in [-0.25, -0.2) is 14.8 Å². The number of hydrogen-bond acceptors (Lipinski definition) is 5. The average molecular weight is 599 g/mol. The van der Waals surface area contributed by atoms with Crippen molar-refractivity contribution in [2.24, 2.45) is 5.73 Å². The van der Waals surface area contributed by atoms with E-state index in [4.69, 9.17) is 10.5 Å². The maximum Gasteiger partial charge on any atom is 0.408 e. The second kappa shape index (κ2) is 14.3. The smallest absolute Gasteiger partial charge is 0.408 e. The molecule has 4 aromatic carbocycles. The minimum absolute atomic E-state index is 0.289. The van der Waals surface area contributed by atoms with E-state index in [0.717, 1.165) is 28.3 Å². The van der Waals surface area contributed by atoms with Gasteiger partial charge >= 0.3 is 6.09 Å². The molecule has 0 bridgehead atoms. The zero-order valence-corrected chi connectivity index (χ0v) is 25.7. The third-order valence-corrected chi connectivity index (χ3v) is 6.86. The van der Waals surface area contributed by atoms with E-state index >= 15 is 0 Å². The molecule has 2 aromatic heterocycles. The normalized spacial score (nSPS) is 10.9. The van der Waals surface area contributed by atoms with Crippen LogP contribution in [0.4, 0.5) is 4.79 Å². The molecule has 228 valence electrons. The van der Waals surface area contributed by atoms with Gasteiger partial charge in [-0.05, 0) is 54.2 Å². The van der Waals surface area contributed by atoms with Crippen molar-refractivity contribution in [2.45, 2.75) is 39.5 Å². The number of aromatic nitrogens is 4. The molecule has 8 heteroatoms. The van der Waals surface area contributed by atoms with Crippen molar-refractivity contribution >= 4 is 6.09 Å². The van der Waals surface area contributed by atoms with Gasteiger partial charge in [-0.15, -0.1) is 0 Å². The molecule has 0 aliphatic rings. The van der Waals surface area contributed by atoms with Gasteiger partial charge in [-0.2, -0.15) is 0 Å². The molecular formula is C37H38N6O2. The Balaban J connectivity index is 0.000000186. The SMILES string of the molecule is CC(C)(C)OC(=O)NCc1ncc(-c2ccc(-c3ccccc3)cc2)[nH]1.NCc1ncc(-c2ccc(-c3ccccc3)cc2)[nH]1. The predicted octanol–water partition coefficient (Wildman–Crippen LogP) is 7.97. The zero-order valence-electron chi connectivity index (χ0n) is 25.7. The van der Waals surface area contributed by atoms with Gasteiger partial charge in [-0.3, -0.25) is 0 Å². The summed E-state index contributed by atoms with van der Waals surface area (Å²) in [5.74, 6) is 1.49. The van der Waals surface area contributed by atoms with Gasteiger partial charge in [0.15, 0.2) is 0 Å². The predicted molar refractivity (Wildman–Crippen MR) is 180 cm³/mol. The van der Waals surface area contributed by atoms with Crippen molar-refractivity contribution in [3.63, 3.8) is 0 Å². The molecule has 6 rings (SSSR count). The lowest BCUT2D eigenvalue weighted by atomic mass is 10.0. The van der Waals surface area contributed by atoms with Crippen molar-refractivity contribution in [3.8, 4) is 44.8 Å². The number of carbonyl (C=O) groups is 1. The van der Waals surface area contributed by atoms with Crippen LogP contribution in [0.3, 0.4) is 0 Å². The maximum absolute atomic E-state index is 11.7. The molecule has 0 radical (unpaired) electrons. The van der Waals surface area contributed by atoms with E-state index < -0.39 is 11.7 Å². The number of aromatic amines is 2. The molecule has 0 fully saturated rings. The van der Waals surface area contributed by atoms with Crippen LogP contribution in [-0.4, -0.2) is 31.6 Å². The fourth-order valence-corrected chi connectivity index (χ4v) is 4.63. The van der Waals surface area contributed by atoms with Crippen molar-refractivity contribution in [1.82, 2.24) is 25.3 Å². The number of imidazole rings is 2. The van der Waals surface area contributed by atoms with Crippen LogP contribution in [-0.2, 0) is 17.8 Å². The number of alkyl carbamates (subject to hydrolysis) is 1. The Morgan fingerprint density at radius 2 is 1.04 bits per heavy atom. The van der Waals surface area contributed by atoms with Crippen LogP contribution in [0.15, 0.2) is 122 Å². The molecule has 0 spiro atoms. The number of H-pyrrole nitrogens is 2. The molecule has 1 amide bonds. The van der Waals surface area contributed by atoms with Crippen molar-refractivity contribution < 1.29 is 9.53 Å². The Bertz CT molecular complexity index is 1790. The highest BCUT2D eigenvalue weighted by Crippen LogP contribution is 2.25. The number of nitrogens with one attached hydrogen (secondary N) is 3. The number of carbonyl (C=O) groups excluding carboxylic acids is 1. The highest BCUT2D eigenvalue weighted by atomic mass is 16.6. The molecule has 2 heterocycles. The van der Waals surface area contributed by atoms with E-state index in [9.17, 15) is 4.79 Å². The van der Waals surface area contributed by atoms with Crippen LogP contribution in [0, 0.1) is 0 Å². The second-order valence-electron chi connectivity index (χ2n) is 11.4. The highest BCUT2D eigenvalue weighted by molar-refractivity contribution is 5.70. The van der Waals surface area contributed by atoms with Crippen LogP contribution in [0.2, 0.25) is 0 Å². The summed E-state index contributed by atoms with van der Waals surface area (Å²) >= 11 is 0. The number of benzene rings is 4. The van der Waals surface area contributed by atoms with E-state index in [1.54, 1.807) is 6.20 Å². The molecule has 0 aliphatic heterocycles. The number of hydrogen-bond donors (Lipinski definition) is 4. The van der Waals surface area contributed by atoms with Crippen molar-refractivity contribution in [3.05, 3.63) is 133 Å². The first-order valence-corrected chi connectivity index (χ1v) is 14.8. The van der Waals surface area contributed by atoms with Gasteiger partial charge in [0.05, 0.1) is 36.9 Å². The Morgan fingerprint density at radius 3 is 1.47 bits per heavy atom. The van der Waals surface area contributed by atoms with E-state index in [1.807, 2.05) is 63.4 Å². The summed E-state index contributed by atoms with van der Waals surface area (Å²) in [6.45, 7) is 6.21. The van der Waals surface area contributed by atoms with Gasteiger partial charge in [0.25, 0.3) is 0 Å². The molecule has 8 nitrogen and oxygen atoms in total. The molecule has 0 aliphatic carbocycles. The molecule has 0 saturated carbocycles. The largest absolute Gasteiger partial charge is 0.444 e. The summed E-state index contributed by atoms with van der Waals surface area (Å²) in [5.41, 5.74) is 13.9. The molecule has 6 aromatic rings. The van der Waals surface area contributed by atoms with Crippen LogP contribution in [0.25, 0.3) is 44.8 Å². The molecule has 45 heavy (non-hydrogen) atoms. The first-order valence-electron chi connectivity index (χ1n) is 14.8. The Hall–Kier alpha value is -5.47. The first kappa shape index (κ1) is 31.0. The number of rotatable bonds is 7. The van der Waals surface area contributed by atoms with E-state index in [2.05, 4.69) is 98.0 Å². The number of amides is 1. The molecule has 5 N–H and O–H groups in total. The molecular weight excluding hydrogens is 560 g/mol. The van der Waals surface area contributed by atoms with Crippen molar-refractivity contribution in [1.29, 1.82) is 0 Å². The molecule has 0 saturated heterocycles. The maximum atomic E-state index is 11.7. The molecule has 0 unspecified atom stereocenters. The van der Waals surface area contributed by atoms with Gasteiger partial charge < -0.3 is 25.8 Å². The summed E-state index contributed by atoms with van der Waals surface area (Å²) in [6.07, 6.45) is 3.13. The number of nitrogens with two attached hydrogens (primary N) is 1. The number of nitrogens with zero attached hydrogens (tertiary/aromatic N) is 2.